The fraction of sp³-hybridized carbons (Fsp3) is 0.371. The van der Waals surface area contributed by atoms with Crippen molar-refractivity contribution in [3.63, 3.8) is 0 Å². The molecule has 1 amide bonds. The van der Waals surface area contributed by atoms with Crippen molar-refractivity contribution in [1.29, 1.82) is 0 Å². The molecule has 3 aromatic carbocycles. The van der Waals surface area contributed by atoms with Crippen molar-refractivity contribution in [3.8, 4) is 34.2 Å². The van der Waals surface area contributed by atoms with Gasteiger partial charge in [0.1, 0.15) is 23.3 Å². The molecule has 43 heavy (non-hydrogen) atoms. The van der Waals surface area contributed by atoms with E-state index >= 15 is 0 Å². The summed E-state index contributed by atoms with van der Waals surface area (Å²) in [6, 6.07) is 22.3. The van der Waals surface area contributed by atoms with Crippen molar-refractivity contribution < 1.29 is 19.0 Å². The third-order valence-electron chi connectivity index (χ3n) is 9.41. The standard InChI is InChI=1S/C35H38N4O4/c1-37-18-14-28(15-19-37)43-30-21-25(32-31(42-3)22-36-39(32)26-8-5-4-6-9-26)20-29-33(30)38(34(40)35(29)16-7-17-35)23-24-10-12-27(41-2)13-11-24/h4-6,8-13,20-22,28H,7,14-19,23H2,1-3H3. The van der Waals surface area contributed by atoms with E-state index in [-0.39, 0.29) is 12.0 Å². The minimum atomic E-state index is -0.534. The maximum atomic E-state index is 14.4. The molecule has 2 fully saturated rings. The number of aromatic nitrogens is 2. The molecule has 1 aliphatic carbocycles. The lowest BCUT2D eigenvalue weighted by atomic mass is 9.65. The highest BCUT2D eigenvalue weighted by Gasteiger charge is 2.55. The Hall–Kier alpha value is -4.30. The number of fused-ring (bicyclic) bond motifs is 2. The number of hydrogen-bond donors (Lipinski definition) is 0. The van der Waals surface area contributed by atoms with Gasteiger partial charge in [-0.05, 0) is 80.3 Å². The third-order valence-corrected chi connectivity index (χ3v) is 9.41. The van der Waals surface area contributed by atoms with Crippen LogP contribution in [0.1, 0.15) is 43.2 Å². The number of nitrogens with zero attached hydrogens (tertiary/aromatic N) is 4. The first-order valence-electron chi connectivity index (χ1n) is 15.2. The minimum Gasteiger partial charge on any atom is -0.497 e. The van der Waals surface area contributed by atoms with Crippen LogP contribution in [0.3, 0.4) is 0 Å². The molecule has 0 bridgehead atoms. The molecule has 0 N–H and O–H groups in total. The number of methoxy groups -OCH3 is 2. The molecule has 1 aromatic heterocycles. The molecule has 4 aromatic rings. The van der Waals surface area contributed by atoms with Crippen molar-refractivity contribution in [3.05, 3.63) is 84.1 Å². The highest BCUT2D eigenvalue weighted by Crippen LogP contribution is 2.58. The van der Waals surface area contributed by atoms with Gasteiger partial charge >= 0.3 is 0 Å². The van der Waals surface area contributed by atoms with E-state index in [9.17, 15) is 4.79 Å². The van der Waals surface area contributed by atoms with Crippen LogP contribution in [0.15, 0.2) is 72.9 Å². The second-order valence-electron chi connectivity index (χ2n) is 12.0. The Labute approximate surface area is 252 Å². The van der Waals surface area contributed by atoms with Crippen LogP contribution >= 0.6 is 0 Å². The number of hydrogen-bond acceptors (Lipinski definition) is 6. The minimum absolute atomic E-state index is 0.0763. The van der Waals surface area contributed by atoms with Gasteiger partial charge in [0.05, 0.1) is 43.8 Å². The quantitative estimate of drug-likeness (QED) is 0.256. The number of amides is 1. The van der Waals surface area contributed by atoms with Crippen LogP contribution in [0.2, 0.25) is 0 Å². The monoisotopic (exact) mass is 578 g/mol. The van der Waals surface area contributed by atoms with Crippen molar-refractivity contribution in [2.24, 2.45) is 0 Å². The van der Waals surface area contributed by atoms with Crippen LogP contribution in [0.5, 0.6) is 17.2 Å². The Balaban J connectivity index is 1.39. The zero-order chi connectivity index (χ0) is 29.6. The molecule has 0 atom stereocenters. The summed E-state index contributed by atoms with van der Waals surface area (Å²) in [5.74, 6) is 2.40. The molecule has 222 valence electrons. The largest absolute Gasteiger partial charge is 0.497 e. The van der Waals surface area contributed by atoms with E-state index in [2.05, 4.69) is 24.1 Å². The summed E-state index contributed by atoms with van der Waals surface area (Å²) < 4.78 is 20.0. The van der Waals surface area contributed by atoms with Gasteiger partial charge in [-0.3, -0.25) is 4.79 Å². The average molecular weight is 579 g/mol. The van der Waals surface area contributed by atoms with Gasteiger partial charge in [0.2, 0.25) is 5.91 Å². The zero-order valence-electron chi connectivity index (χ0n) is 25.1. The second-order valence-corrected chi connectivity index (χ2v) is 12.0. The topological polar surface area (TPSA) is 69.1 Å². The number of para-hydroxylation sites is 1. The second kappa shape index (κ2) is 11.1. The van der Waals surface area contributed by atoms with Crippen LogP contribution in [-0.2, 0) is 16.8 Å². The first kappa shape index (κ1) is 27.5. The third kappa shape index (κ3) is 4.74. The summed E-state index contributed by atoms with van der Waals surface area (Å²) in [5.41, 5.74) is 5.20. The number of rotatable bonds is 8. The van der Waals surface area contributed by atoms with Crippen molar-refractivity contribution >= 4 is 11.6 Å². The Morgan fingerprint density at radius 1 is 0.930 bits per heavy atom. The number of anilines is 1. The summed E-state index contributed by atoms with van der Waals surface area (Å²) in [4.78, 5) is 18.7. The molecule has 8 nitrogen and oxygen atoms in total. The molecule has 2 aliphatic heterocycles. The van der Waals surface area contributed by atoms with Gasteiger partial charge in [-0.1, -0.05) is 36.8 Å². The molecule has 8 heteroatoms. The Morgan fingerprint density at radius 3 is 2.33 bits per heavy atom. The lowest BCUT2D eigenvalue weighted by Crippen LogP contribution is -2.44. The molecular formula is C35H38N4O4. The zero-order valence-corrected chi connectivity index (χ0v) is 25.1. The maximum Gasteiger partial charge on any atom is 0.238 e. The highest BCUT2D eigenvalue weighted by molar-refractivity contribution is 6.10. The number of carbonyl (C=O) groups excluding carboxylic acids is 1. The molecule has 3 aliphatic rings. The number of benzene rings is 3. The summed E-state index contributed by atoms with van der Waals surface area (Å²) in [7, 11) is 5.49. The highest BCUT2D eigenvalue weighted by atomic mass is 16.5. The first-order chi connectivity index (χ1) is 21.0. The molecule has 0 unspecified atom stereocenters. The lowest BCUT2D eigenvalue weighted by Gasteiger charge is -2.37. The van der Waals surface area contributed by atoms with Gasteiger partial charge in [-0.25, -0.2) is 4.68 Å². The Bertz CT molecular complexity index is 1620. The maximum absolute atomic E-state index is 14.4. The van der Waals surface area contributed by atoms with E-state index < -0.39 is 5.41 Å². The van der Waals surface area contributed by atoms with E-state index in [1.54, 1.807) is 20.4 Å². The Morgan fingerprint density at radius 2 is 1.67 bits per heavy atom. The summed E-state index contributed by atoms with van der Waals surface area (Å²) >= 11 is 0. The van der Waals surface area contributed by atoms with Gasteiger partial charge in [-0.2, -0.15) is 5.10 Å². The van der Waals surface area contributed by atoms with Gasteiger partial charge in [0.25, 0.3) is 0 Å². The van der Waals surface area contributed by atoms with Crippen LogP contribution in [-0.4, -0.2) is 61.0 Å². The lowest BCUT2D eigenvalue weighted by molar-refractivity contribution is -0.126. The van der Waals surface area contributed by atoms with Crippen molar-refractivity contribution in [2.45, 2.75) is 50.2 Å². The molecule has 1 saturated heterocycles. The van der Waals surface area contributed by atoms with Gasteiger partial charge < -0.3 is 24.0 Å². The predicted octanol–water partition coefficient (Wildman–Crippen LogP) is 6.00. The number of piperidine rings is 1. The van der Waals surface area contributed by atoms with Crippen LogP contribution < -0.4 is 19.1 Å². The van der Waals surface area contributed by atoms with Crippen LogP contribution in [0.25, 0.3) is 16.9 Å². The van der Waals surface area contributed by atoms with Gasteiger partial charge in [-0.15, -0.1) is 0 Å². The van der Waals surface area contributed by atoms with E-state index in [0.717, 1.165) is 90.5 Å². The van der Waals surface area contributed by atoms with Gasteiger partial charge in [0, 0.05) is 18.7 Å². The van der Waals surface area contributed by atoms with Crippen LogP contribution in [0, 0.1) is 0 Å². The first-order valence-corrected chi connectivity index (χ1v) is 15.2. The normalized spacial score (nSPS) is 18.0. The van der Waals surface area contributed by atoms with Crippen LogP contribution in [0.4, 0.5) is 5.69 Å². The number of carbonyl (C=O) groups is 1. The summed E-state index contributed by atoms with van der Waals surface area (Å²) in [5, 5.41) is 4.71. The van der Waals surface area contributed by atoms with E-state index in [0.29, 0.717) is 12.3 Å². The molecule has 1 spiro atoms. The van der Waals surface area contributed by atoms with Gasteiger partial charge in [0.15, 0.2) is 5.75 Å². The average Bonchev–Trinajstić information content (AvgIpc) is 3.56. The fourth-order valence-corrected chi connectivity index (χ4v) is 6.83. The summed E-state index contributed by atoms with van der Waals surface area (Å²) in [6.07, 6.45) is 6.42. The van der Waals surface area contributed by atoms with E-state index in [4.69, 9.17) is 19.3 Å². The van der Waals surface area contributed by atoms with E-state index in [1.807, 2.05) is 64.2 Å². The van der Waals surface area contributed by atoms with Crippen molar-refractivity contribution in [1.82, 2.24) is 14.7 Å². The van der Waals surface area contributed by atoms with Crippen molar-refractivity contribution in [2.75, 3.05) is 39.3 Å². The fourth-order valence-electron chi connectivity index (χ4n) is 6.83. The molecule has 3 heterocycles. The molecule has 0 radical (unpaired) electrons. The predicted molar refractivity (Wildman–Crippen MR) is 166 cm³/mol. The van der Waals surface area contributed by atoms with E-state index in [1.165, 1.54) is 0 Å². The molecule has 1 saturated carbocycles. The number of ether oxygens (including phenoxy) is 3. The SMILES string of the molecule is COc1ccc(CN2C(=O)C3(CCC3)c3cc(-c4c(OC)cnn4-c4ccccc4)cc(OC4CCN(C)CC4)c32)cc1. The number of likely N-dealkylation sites (tertiary alicyclic amines) is 1. The smallest absolute Gasteiger partial charge is 0.238 e. The molecular weight excluding hydrogens is 540 g/mol. The Kier molecular flexibility index (Phi) is 7.09. The molecule has 7 rings (SSSR count). The summed E-state index contributed by atoms with van der Waals surface area (Å²) in [6.45, 7) is 2.45.